The van der Waals surface area contributed by atoms with Crippen molar-refractivity contribution in [1.82, 2.24) is 20.1 Å². The number of hydrogen-bond acceptors (Lipinski definition) is 6. The summed E-state index contributed by atoms with van der Waals surface area (Å²) in [6.07, 6.45) is 8.76. The number of morpholine rings is 1. The molecule has 1 amide bonds. The van der Waals surface area contributed by atoms with Crippen LogP contribution in [0.1, 0.15) is 23.2 Å². The van der Waals surface area contributed by atoms with Crippen LogP contribution < -0.4 is 5.32 Å². The fourth-order valence-corrected chi connectivity index (χ4v) is 3.83. The smallest absolute Gasteiger partial charge is 0.255 e. The van der Waals surface area contributed by atoms with Crippen molar-refractivity contribution in [2.45, 2.75) is 25.0 Å². The lowest BCUT2D eigenvalue weighted by atomic mass is 10.0. The van der Waals surface area contributed by atoms with Gasteiger partial charge in [-0.25, -0.2) is 0 Å². The first kappa shape index (κ1) is 16.0. The molecule has 2 aromatic heterocycles. The van der Waals surface area contributed by atoms with E-state index < -0.39 is 0 Å². The number of rotatable bonds is 4. The summed E-state index contributed by atoms with van der Waals surface area (Å²) in [6.45, 7) is 2.03. The predicted molar refractivity (Wildman–Crippen MR) is 92.0 cm³/mol. The van der Waals surface area contributed by atoms with E-state index >= 15 is 0 Å². The van der Waals surface area contributed by atoms with Gasteiger partial charge in [0.1, 0.15) is 0 Å². The van der Waals surface area contributed by atoms with Crippen LogP contribution in [0, 0.1) is 5.92 Å². The van der Waals surface area contributed by atoms with E-state index in [-0.39, 0.29) is 18.1 Å². The zero-order valence-electron chi connectivity index (χ0n) is 13.9. The maximum Gasteiger partial charge on any atom is 0.255 e. The molecule has 1 saturated carbocycles. The first-order valence-electron chi connectivity index (χ1n) is 8.66. The summed E-state index contributed by atoms with van der Waals surface area (Å²) in [7, 11) is 0. The molecule has 4 rings (SSSR count). The summed E-state index contributed by atoms with van der Waals surface area (Å²) in [6, 6.07) is 5.78. The SMILES string of the molecule is O=C(c1ccnnc1)N1CCO[C@@H]2[C@H](CNc3cccnc3)CC[C@H]21. The summed E-state index contributed by atoms with van der Waals surface area (Å²) in [5.41, 5.74) is 1.60. The number of nitrogens with one attached hydrogen (secondary N) is 1. The zero-order chi connectivity index (χ0) is 17.1. The Morgan fingerprint density at radius 1 is 1.24 bits per heavy atom. The minimum absolute atomic E-state index is 0.0223. The van der Waals surface area contributed by atoms with Crippen molar-refractivity contribution in [2.24, 2.45) is 5.92 Å². The molecule has 0 unspecified atom stereocenters. The first-order chi connectivity index (χ1) is 12.3. The van der Waals surface area contributed by atoms with Crippen molar-refractivity contribution in [2.75, 3.05) is 25.0 Å². The van der Waals surface area contributed by atoms with Crippen LogP contribution >= 0.6 is 0 Å². The summed E-state index contributed by atoms with van der Waals surface area (Å²) in [5.74, 6) is 0.408. The molecule has 7 nitrogen and oxygen atoms in total. The lowest BCUT2D eigenvalue weighted by Gasteiger charge is -2.39. The van der Waals surface area contributed by atoms with E-state index in [4.69, 9.17) is 4.74 Å². The summed E-state index contributed by atoms with van der Waals surface area (Å²) < 4.78 is 6.04. The van der Waals surface area contributed by atoms with Gasteiger partial charge in [0.15, 0.2) is 0 Å². The average Bonchev–Trinajstić information content (AvgIpc) is 3.10. The Morgan fingerprint density at radius 2 is 2.20 bits per heavy atom. The van der Waals surface area contributed by atoms with Gasteiger partial charge in [0.05, 0.1) is 42.4 Å². The van der Waals surface area contributed by atoms with Gasteiger partial charge >= 0.3 is 0 Å². The molecule has 0 spiro atoms. The Balaban J connectivity index is 1.42. The predicted octanol–water partition coefficient (Wildman–Crippen LogP) is 1.60. The Kier molecular flexibility index (Phi) is 4.56. The molecule has 7 heteroatoms. The number of pyridine rings is 1. The third-order valence-corrected chi connectivity index (χ3v) is 5.04. The highest BCUT2D eigenvalue weighted by atomic mass is 16.5. The van der Waals surface area contributed by atoms with Crippen molar-refractivity contribution >= 4 is 11.6 Å². The fourth-order valence-electron chi connectivity index (χ4n) is 3.83. The van der Waals surface area contributed by atoms with E-state index in [2.05, 4.69) is 20.5 Å². The highest BCUT2D eigenvalue weighted by molar-refractivity contribution is 5.94. The van der Waals surface area contributed by atoms with Gasteiger partial charge in [0.25, 0.3) is 5.91 Å². The number of carbonyl (C=O) groups is 1. The number of hydrogen-bond donors (Lipinski definition) is 1. The minimum atomic E-state index is 0.0223. The molecular weight excluding hydrogens is 318 g/mol. The Bertz CT molecular complexity index is 712. The van der Waals surface area contributed by atoms with Gasteiger partial charge in [-0.1, -0.05) is 0 Å². The van der Waals surface area contributed by atoms with Crippen molar-refractivity contribution < 1.29 is 9.53 Å². The van der Waals surface area contributed by atoms with Gasteiger partial charge in [-0.15, -0.1) is 0 Å². The number of anilines is 1. The molecule has 0 aromatic carbocycles. The van der Waals surface area contributed by atoms with Gasteiger partial charge in [-0.05, 0) is 31.0 Å². The lowest BCUT2D eigenvalue weighted by Crippen LogP contribution is -2.53. The van der Waals surface area contributed by atoms with Crippen LogP contribution in [0.2, 0.25) is 0 Å². The number of carbonyl (C=O) groups excluding carboxylic acids is 1. The van der Waals surface area contributed by atoms with Gasteiger partial charge in [0, 0.05) is 31.4 Å². The third kappa shape index (κ3) is 3.32. The molecule has 2 aliphatic rings. The topological polar surface area (TPSA) is 80.2 Å². The van der Waals surface area contributed by atoms with Crippen LogP contribution in [-0.4, -0.2) is 57.8 Å². The first-order valence-corrected chi connectivity index (χ1v) is 8.66. The van der Waals surface area contributed by atoms with Crippen LogP contribution in [0.5, 0.6) is 0 Å². The molecule has 2 aromatic rings. The zero-order valence-corrected chi connectivity index (χ0v) is 13.9. The molecule has 1 aliphatic carbocycles. The van der Waals surface area contributed by atoms with Crippen molar-refractivity contribution in [3.05, 3.63) is 48.5 Å². The lowest BCUT2D eigenvalue weighted by molar-refractivity contribution is -0.0602. The second-order valence-corrected chi connectivity index (χ2v) is 6.49. The van der Waals surface area contributed by atoms with Crippen LogP contribution in [0.25, 0.3) is 0 Å². The quantitative estimate of drug-likeness (QED) is 0.911. The molecule has 3 atom stereocenters. The molecule has 0 bridgehead atoms. The standard InChI is InChI=1S/C18H21N5O2/c24-18(14-5-7-21-22-11-14)23-8-9-25-17-13(3-4-16(17)23)10-20-15-2-1-6-19-12-15/h1-2,5-7,11-13,16-17,20H,3-4,8-10H2/t13-,16+,17+/m0/s1. The van der Waals surface area contributed by atoms with Crippen molar-refractivity contribution in [3.8, 4) is 0 Å². The maximum atomic E-state index is 12.8. The van der Waals surface area contributed by atoms with E-state index in [1.54, 1.807) is 18.5 Å². The average molecular weight is 339 g/mol. The maximum absolute atomic E-state index is 12.8. The third-order valence-electron chi connectivity index (χ3n) is 5.04. The van der Waals surface area contributed by atoms with Crippen LogP contribution in [0.15, 0.2) is 43.0 Å². The second-order valence-electron chi connectivity index (χ2n) is 6.49. The van der Waals surface area contributed by atoms with E-state index in [9.17, 15) is 4.79 Å². The largest absolute Gasteiger partial charge is 0.383 e. The summed E-state index contributed by atoms with van der Waals surface area (Å²) in [4.78, 5) is 18.9. The van der Waals surface area contributed by atoms with Gasteiger partial charge in [0.2, 0.25) is 0 Å². The van der Waals surface area contributed by atoms with E-state index in [0.29, 0.717) is 24.6 Å². The normalized spacial score (nSPS) is 25.4. The molecular formula is C18H21N5O2. The Morgan fingerprint density at radius 3 is 3.00 bits per heavy atom. The van der Waals surface area contributed by atoms with Crippen LogP contribution in [-0.2, 0) is 4.74 Å². The van der Waals surface area contributed by atoms with Gasteiger partial charge < -0.3 is 15.0 Å². The van der Waals surface area contributed by atoms with E-state index in [1.165, 1.54) is 6.20 Å². The minimum Gasteiger partial charge on any atom is -0.383 e. The number of nitrogens with zero attached hydrogens (tertiary/aromatic N) is 4. The number of amides is 1. The number of fused-ring (bicyclic) bond motifs is 1. The summed E-state index contributed by atoms with van der Waals surface area (Å²) >= 11 is 0. The van der Waals surface area contributed by atoms with Crippen molar-refractivity contribution in [3.63, 3.8) is 0 Å². The molecule has 1 aliphatic heterocycles. The summed E-state index contributed by atoms with van der Waals surface area (Å²) in [5, 5.41) is 11.0. The van der Waals surface area contributed by atoms with Crippen molar-refractivity contribution in [1.29, 1.82) is 0 Å². The molecule has 1 N–H and O–H groups in total. The van der Waals surface area contributed by atoms with Gasteiger partial charge in [-0.3, -0.25) is 9.78 Å². The van der Waals surface area contributed by atoms with E-state index in [0.717, 1.165) is 25.1 Å². The number of ether oxygens (including phenoxy) is 1. The molecule has 0 radical (unpaired) electrons. The molecule has 2 fully saturated rings. The molecule has 25 heavy (non-hydrogen) atoms. The van der Waals surface area contributed by atoms with Crippen LogP contribution in [0.4, 0.5) is 5.69 Å². The monoisotopic (exact) mass is 339 g/mol. The second kappa shape index (κ2) is 7.14. The fraction of sp³-hybridized carbons (Fsp3) is 0.444. The highest BCUT2D eigenvalue weighted by Crippen LogP contribution is 2.35. The van der Waals surface area contributed by atoms with E-state index in [1.807, 2.05) is 23.2 Å². The number of aromatic nitrogens is 3. The van der Waals surface area contributed by atoms with Crippen LogP contribution in [0.3, 0.4) is 0 Å². The Hall–Kier alpha value is -2.54. The van der Waals surface area contributed by atoms with Gasteiger partial charge in [-0.2, -0.15) is 10.2 Å². The highest BCUT2D eigenvalue weighted by Gasteiger charge is 2.44. The molecule has 130 valence electrons. The Labute approximate surface area is 146 Å². The molecule has 1 saturated heterocycles. The molecule has 3 heterocycles.